The van der Waals surface area contributed by atoms with E-state index in [-0.39, 0.29) is 48.7 Å². The molecule has 0 unspecified atom stereocenters. The van der Waals surface area contributed by atoms with Gasteiger partial charge in [0.15, 0.2) is 9.84 Å². The number of halogens is 1. The first-order chi connectivity index (χ1) is 17.4. The molecule has 2 N–H and O–H groups in total. The van der Waals surface area contributed by atoms with Gasteiger partial charge in [-0.1, -0.05) is 23.7 Å². The summed E-state index contributed by atoms with van der Waals surface area (Å²) in [7, 11) is -3.23. The summed E-state index contributed by atoms with van der Waals surface area (Å²) in [5.41, 5.74) is 2.09. The molecule has 0 radical (unpaired) electrons. The van der Waals surface area contributed by atoms with Crippen molar-refractivity contribution in [3.63, 3.8) is 0 Å². The SMILES string of the molecule is O=c1c(Cl)c(NC[C@H]2COCCS2(=O)=O)cnn1[C@H]1CC[C@H](N(c2ccc(CO)cc2)C2CC2)CC1. The maximum atomic E-state index is 13.0. The maximum absolute atomic E-state index is 13.0. The molecule has 0 bridgehead atoms. The van der Waals surface area contributed by atoms with Gasteiger partial charge in [0.2, 0.25) is 0 Å². The maximum Gasteiger partial charge on any atom is 0.287 e. The van der Waals surface area contributed by atoms with Gasteiger partial charge in [-0.15, -0.1) is 0 Å². The second-order valence-corrected chi connectivity index (χ2v) is 12.8. The van der Waals surface area contributed by atoms with Crippen molar-refractivity contribution in [3.05, 3.63) is 51.4 Å². The zero-order valence-electron chi connectivity index (χ0n) is 20.2. The summed E-state index contributed by atoms with van der Waals surface area (Å²) in [5.74, 6) is 0.00173. The minimum atomic E-state index is -3.23. The van der Waals surface area contributed by atoms with Crippen LogP contribution in [0.4, 0.5) is 11.4 Å². The normalized spacial score (nSPS) is 25.9. The van der Waals surface area contributed by atoms with Crippen LogP contribution in [0.2, 0.25) is 5.02 Å². The number of aromatic nitrogens is 2. The second-order valence-electron chi connectivity index (χ2n) is 9.99. The molecule has 1 aliphatic heterocycles. The van der Waals surface area contributed by atoms with Gasteiger partial charge >= 0.3 is 0 Å². The van der Waals surface area contributed by atoms with Gasteiger partial charge in [-0.2, -0.15) is 5.10 Å². The van der Waals surface area contributed by atoms with E-state index in [2.05, 4.69) is 27.4 Å². The van der Waals surface area contributed by atoms with Crippen LogP contribution in [0.15, 0.2) is 35.3 Å². The average Bonchev–Trinajstić information content (AvgIpc) is 3.72. The Labute approximate surface area is 216 Å². The topological polar surface area (TPSA) is 114 Å². The highest BCUT2D eigenvalue weighted by Crippen LogP contribution is 2.39. The van der Waals surface area contributed by atoms with Crippen LogP contribution in [-0.4, -0.2) is 66.1 Å². The van der Waals surface area contributed by atoms with E-state index in [1.165, 1.54) is 29.4 Å². The molecule has 2 aliphatic carbocycles. The minimum absolute atomic E-state index is 0.00173. The Bertz CT molecular complexity index is 1220. The van der Waals surface area contributed by atoms with Crippen LogP contribution in [-0.2, 0) is 21.2 Å². The largest absolute Gasteiger partial charge is 0.392 e. The van der Waals surface area contributed by atoms with E-state index < -0.39 is 15.1 Å². The molecule has 5 rings (SSSR count). The molecule has 3 aliphatic rings. The Morgan fingerprint density at radius 2 is 1.78 bits per heavy atom. The number of ether oxygens (including phenoxy) is 1. The molecule has 2 saturated carbocycles. The van der Waals surface area contributed by atoms with E-state index in [0.717, 1.165) is 31.2 Å². The Morgan fingerprint density at radius 3 is 2.39 bits per heavy atom. The third kappa shape index (κ3) is 5.41. The molecule has 1 aromatic heterocycles. The van der Waals surface area contributed by atoms with Crippen molar-refractivity contribution < 1.29 is 18.3 Å². The van der Waals surface area contributed by atoms with Gasteiger partial charge in [-0.3, -0.25) is 4.79 Å². The van der Waals surface area contributed by atoms with Crippen LogP contribution >= 0.6 is 11.6 Å². The lowest BCUT2D eigenvalue weighted by Crippen LogP contribution is -2.42. The summed E-state index contributed by atoms with van der Waals surface area (Å²) < 4.78 is 31.2. The zero-order valence-corrected chi connectivity index (χ0v) is 21.8. The van der Waals surface area contributed by atoms with Gasteiger partial charge in [0.05, 0.1) is 43.5 Å². The number of nitrogens with one attached hydrogen (secondary N) is 1. The highest BCUT2D eigenvalue weighted by atomic mass is 35.5. The molecule has 3 fully saturated rings. The molecule has 2 aromatic rings. The molecule has 1 aromatic carbocycles. The lowest BCUT2D eigenvalue weighted by Gasteiger charge is -2.39. The quantitative estimate of drug-likeness (QED) is 0.529. The molecule has 2 heterocycles. The summed E-state index contributed by atoms with van der Waals surface area (Å²) in [6, 6.07) is 9.09. The van der Waals surface area contributed by atoms with Gasteiger partial charge in [0.1, 0.15) is 10.3 Å². The van der Waals surface area contributed by atoms with Crippen LogP contribution in [0.5, 0.6) is 0 Å². The Morgan fingerprint density at radius 1 is 1.11 bits per heavy atom. The van der Waals surface area contributed by atoms with E-state index in [0.29, 0.717) is 17.8 Å². The van der Waals surface area contributed by atoms with Crippen LogP contribution in [0, 0.1) is 0 Å². The minimum Gasteiger partial charge on any atom is -0.392 e. The molecule has 0 amide bonds. The zero-order chi connectivity index (χ0) is 25.3. The number of hydrogen-bond donors (Lipinski definition) is 2. The van der Waals surface area contributed by atoms with Crippen molar-refractivity contribution in [1.82, 2.24) is 9.78 Å². The first-order valence-electron chi connectivity index (χ1n) is 12.7. The van der Waals surface area contributed by atoms with Gasteiger partial charge in [-0.05, 0) is 56.2 Å². The fraction of sp³-hybridized carbons (Fsp3) is 0.600. The molecule has 9 nitrogen and oxygen atoms in total. The van der Waals surface area contributed by atoms with Crippen molar-refractivity contribution >= 4 is 32.8 Å². The first-order valence-corrected chi connectivity index (χ1v) is 14.8. The van der Waals surface area contributed by atoms with Gasteiger partial charge < -0.3 is 20.1 Å². The summed E-state index contributed by atoms with van der Waals surface area (Å²) in [5, 5.41) is 16.1. The van der Waals surface area contributed by atoms with E-state index in [1.807, 2.05) is 12.1 Å². The van der Waals surface area contributed by atoms with E-state index in [1.54, 1.807) is 0 Å². The number of nitrogens with zero attached hydrogens (tertiary/aromatic N) is 3. The Balaban J connectivity index is 1.23. The monoisotopic (exact) mass is 536 g/mol. The van der Waals surface area contributed by atoms with Crippen molar-refractivity contribution in [1.29, 1.82) is 0 Å². The lowest BCUT2D eigenvalue weighted by molar-refractivity contribution is 0.140. The molecule has 36 heavy (non-hydrogen) atoms. The van der Waals surface area contributed by atoms with E-state index in [9.17, 15) is 18.3 Å². The number of rotatable bonds is 8. The van der Waals surface area contributed by atoms with Gasteiger partial charge in [-0.25, -0.2) is 13.1 Å². The summed E-state index contributed by atoms with van der Waals surface area (Å²) >= 11 is 6.40. The molecular weight excluding hydrogens is 504 g/mol. The highest BCUT2D eigenvalue weighted by molar-refractivity contribution is 7.92. The van der Waals surface area contributed by atoms with Gasteiger partial charge in [0, 0.05) is 24.3 Å². The molecule has 1 atom stereocenters. The summed E-state index contributed by atoms with van der Waals surface area (Å²) in [6.45, 7) is 0.508. The lowest BCUT2D eigenvalue weighted by atomic mass is 9.89. The number of aliphatic hydroxyl groups excluding tert-OH is 1. The second kappa shape index (κ2) is 10.7. The van der Waals surface area contributed by atoms with Crippen molar-refractivity contribution in [2.24, 2.45) is 0 Å². The number of anilines is 2. The Hall–Kier alpha value is -2.14. The molecular formula is C25H33ClN4O5S. The van der Waals surface area contributed by atoms with Crippen LogP contribution in [0.25, 0.3) is 0 Å². The third-order valence-electron chi connectivity index (χ3n) is 7.55. The fourth-order valence-corrected chi connectivity index (χ4v) is 6.85. The standard InChI is InChI=1S/C25H33ClN4O5S/c26-24-23(27-13-22-16-35-11-12-36(22,33)34)14-28-30(25(24)32)21-9-7-20(8-10-21)29(19-5-6-19)18-3-1-17(15-31)2-4-18/h1-4,14,19-22,27,31H,5-13,15-16H2/t20-,21-,22-/m0/s1. The smallest absolute Gasteiger partial charge is 0.287 e. The van der Waals surface area contributed by atoms with E-state index >= 15 is 0 Å². The average molecular weight is 537 g/mol. The van der Waals surface area contributed by atoms with Crippen molar-refractivity contribution in [3.8, 4) is 0 Å². The fourth-order valence-electron chi connectivity index (χ4n) is 5.32. The number of sulfone groups is 1. The summed E-state index contributed by atoms with van der Waals surface area (Å²) in [4.78, 5) is 15.6. The molecule has 196 valence electrons. The highest BCUT2D eigenvalue weighted by Gasteiger charge is 2.37. The number of benzene rings is 1. The van der Waals surface area contributed by atoms with Gasteiger partial charge in [0.25, 0.3) is 5.56 Å². The Kier molecular flexibility index (Phi) is 7.57. The predicted molar refractivity (Wildman–Crippen MR) is 140 cm³/mol. The number of aliphatic hydroxyl groups is 1. The first kappa shape index (κ1) is 25.5. The molecule has 11 heteroatoms. The molecule has 0 spiro atoms. The molecule has 1 saturated heterocycles. The van der Waals surface area contributed by atoms with Crippen LogP contribution in [0.1, 0.15) is 50.1 Å². The predicted octanol–water partition coefficient (Wildman–Crippen LogP) is 2.77. The van der Waals surface area contributed by atoms with Crippen molar-refractivity contribution in [2.75, 3.05) is 35.7 Å². The van der Waals surface area contributed by atoms with Crippen LogP contribution in [0.3, 0.4) is 0 Å². The van der Waals surface area contributed by atoms with Crippen molar-refractivity contribution in [2.45, 2.75) is 68.5 Å². The third-order valence-corrected chi connectivity index (χ3v) is 9.97. The van der Waals surface area contributed by atoms with Crippen LogP contribution < -0.4 is 15.8 Å². The summed E-state index contributed by atoms with van der Waals surface area (Å²) in [6.07, 6.45) is 7.47. The number of hydrogen-bond acceptors (Lipinski definition) is 8. The van der Waals surface area contributed by atoms with E-state index in [4.69, 9.17) is 16.3 Å².